The lowest BCUT2D eigenvalue weighted by Gasteiger charge is -2.15. The van der Waals surface area contributed by atoms with E-state index >= 15 is 0 Å². The van der Waals surface area contributed by atoms with Crippen LogP contribution in [0, 0.1) is 6.92 Å². The van der Waals surface area contributed by atoms with Gasteiger partial charge >= 0.3 is 0 Å². The van der Waals surface area contributed by atoms with Gasteiger partial charge in [-0.2, -0.15) is 0 Å². The fraction of sp³-hybridized carbons (Fsp3) is 0.400. The highest BCUT2D eigenvalue weighted by atomic mass is 16.5. The summed E-state index contributed by atoms with van der Waals surface area (Å²) < 4.78 is 11.6. The van der Waals surface area contributed by atoms with Crippen molar-refractivity contribution in [3.05, 3.63) is 65.2 Å². The molecule has 0 radical (unpaired) electrons. The predicted molar refractivity (Wildman–Crippen MR) is 92.6 cm³/mol. The average molecular weight is 311 g/mol. The Kier molecular flexibility index (Phi) is 5.67. The zero-order valence-corrected chi connectivity index (χ0v) is 13.8. The highest BCUT2D eigenvalue weighted by Crippen LogP contribution is 2.20. The zero-order valence-electron chi connectivity index (χ0n) is 13.8. The van der Waals surface area contributed by atoms with E-state index in [1.807, 2.05) is 12.1 Å². The summed E-state index contributed by atoms with van der Waals surface area (Å²) >= 11 is 0. The maximum absolute atomic E-state index is 5.97. The Morgan fingerprint density at radius 1 is 1.09 bits per heavy atom. The Hall–Kier alpha value is -1.84. The molecule has 0 aromatic heterocycles. The second-order valence-electron chi connectivity index (χ2n) is 6.14. The van der Waals surface area contributed by atoms with Gasteiger partial charge in [-0.05, 0) is 31.4 Å². The summed E-state index contributed by atoms with van der Waals surface area (Å²) in [5.41, 5.74) is 3.78. The maximum Gasteiger partial charge on any atom is 0.123 e. The van der Waals surface area contributed by atoms with Crippen molar-refractivity contribution in [1.82, 2.24) is 5.32 Å². The van der Waals surface area contributed by atoms with Gasteiger partial charge in [-0.1, -0.05) is 48.0 Å². The van der Waals surface area contributed by atoms with Crippen LogP contribution >= 0.6 is 0 Å². The summed E-state index contributed by atoms with van der Waals surface area (Å²) in [7, 11) is 0. The van der Waals surface area contributed by atoms with Crippen molar-refractivity contribution >= 4 is 0 Å². The topological polar surface area (TPSA) is 30.5 Å². The molecule has 1 atom stereocenters. The average Bonchev–Trinajstić information content (AvgIpc) is 3.09. The monoisotopic (exact) mass is 311 g/mol. The minimum absolute atomic E-state index is 0.253. The molecule has 1 N–H and O–H groups in total. The largest absolute Gasteiger partial charge is 0.491 e. The minimum atomic E-state index is 0.253. The Balaban J connectivity index is 1.51. The van der Waals surface area contributed by atoms with Crippen LogP contribution in [0.25, 0.3) is 0 Å². The molecule has 1 aliphatic rings. The summed E-state index contributed by atoms with van der Waals surface area (Å²) in [5, 5.41) is 3.49. The third-order valence-corrected chi connectivity index (χ3v) is 4.19. The van der Waals surface area contributed by atoms with E-state index in [9.17, 15) is 0 Å². The molecule has 2 aromatic carbocycles. The van der Waals surface area contributed by atoms with Gasteiger partial charge in [0.1, 0.15) is 12.4 Å². The fourth-order valence-corrected chi connectivity index (χ4v) is 2.80. The molecule has 2 aromatic rings. The van der Waals surface area contributed by atoms with Crippen LogP contribution in [0.5, 0.6) is 5.75 Å². The molecule has 1 unspecified atom stereocenters. The molecule has 1 saturated heterocycles. The van der Waals surface area contributed by atoms with Gasteiger partial charge in [-0.15, -0.1) is 0 Å². The van der Waals surface area contributed by atoms with Gasteiger partial charge in [0.15, 0.2) is 0 Å². The van der Waals surface area contributed by atoms with Gasteiger partial charge in [0.25, 0.3) is 0 Å². The molecule has 0 bridgehead atoms. The first-order valence-corrected chi connectivity index (χ1v) is 8.40. The summed E-state index contributed by atoms with van der Waals surface area (Å²) in [5.74, 6) is 0.958. The number of aryl methyl sites for hydroxylation is 1. The van der Waals surface area contributed by atoms with E-state index in [2.05, 4.69) is 48.6 Å². The summed E-state index contributed by atoms with van der Waals surface area (Å²) in [4.78, 5) is 0. The molecule has 1 fully saturated rings. The van der Waals surface area contributed by atoms with E-state index < -0.39 is 0 Å². The van der Waals surface area contributed by atoms with E-state index in [1.165, 1.54) is 16.7 Å². The number of hydrogen-bond donors (Lipinski definition) is 1. The van der Waals surface area contributed by atoms with Crippen molar-refractivity contribution in [3.8, 4) is 5.75 Å². The van der Waals surface area contributed by atoms with Crippen molar-refractivity contribution in [2.45, 2.75) is 39.0 Å². The molecule has 0 spiro atoms. The molecule has 3 rings (SSSR count). The van der Waals surface area contributed by atoms with Crippen LogP contribution in [0.15, 0.2) is 48.5 Å². The van der Waals surface area contributed by atoms with Gasteiger partial charge in [0, 0.05) is 25.3 Å². The minimum Gasteiger partial charge on any atom is -0.491 e. The number of para-hydroxylation sites is 1. The second-order valence-corrected chi connectivity index (χ2v) is 6.14. The lowest BCUT2D eigenvalue weighted by molar-refractivity contribution is 0.0676. The van der Waals surface area contributed by atoms with Gasteiger partial charge in [-0.3, -0.25) is 0 Å². The van der Waals surface area contributed by atoms with Crippen LogP contribution in [0.3, 0.4) is 0 Å². The van der Waals surface area contributed by atoms with Crippen molar-refractivity contribution in [2.75, 3.05) is 13.2 Å². The van der Waals surface area contributed by atoms with E-state index in [4.69, 9.17) is 9.47 Å². The van der Waals surface area contributed by atoms with Gasteiger partial charge in [0.2, 0.25) is 0 Å². The first-order chi connectivity index (χ1) is 11.3. The summed E-state index contributed by atoms with van der Waals surface area (Å²) in [6, 6.07) is 16.9. The molecular formula is C20H25NO2. The Labute approximate surface area is 138 Å². The van der Waals surface area contributed by atoms with Gasteiger partial charge < -0.3 is 14.8 Å². The van der Waals surface area contributed by atoms with Crippen LogP contribution in [0.4, 0.5) is 0 Å². The standard InChI is InChI=1S/C20H25NO2/c1-16-8-10-17(11-9-16)13-21-14-18-5-2-3-7-20(18)23-15-19-6-4-12-22-19/h2-3,5,7-11,19,21H,4,6,12-15H2,1H3. The summed E-state index contributed by atoms with van der Waals surface area (Å²) in [6.45, 7) is 5.29. The molecule has 0 aliphatic carbocycles. The van der Waals surface area contributed by atoms with Crippen molar-refractivity contribution in [1.29, 1.82) is 0 Å². The van der Waals surface area contributed by atoms with E-state index in [-0.39, 0.29) is 6.10 Å². The number of hydrogen-bond acceptors (Lipinski definition) is 3. The lowest BCUT2D eigenvalue weighted by Crippen LogP contribution is -2.18. The smallest absolute Gasteiger partial charge is 0.123 e. The van der Waals surface area contributed by atoms with E-state index in [1.54, 1.807) is 0 Å². The lowest BCUT2D eigenvalue weighted by atomic mass is 10.1. The van der Waals surface area contributed by atoms with Crippen LogP contribution in [-0.2, 0) is 17.8 Å². The molecule has 1 aliphatic heterocycles. The number of ether oxygens (including phenoxy) is 2. The number of benzene rings is 2. The third kappa shape index (κ3) is 4.81. The molecule has 1 heterocycles. The van der Waals surface area contributed by atoms with Crippen LogP contribution in [0.2, 0.25) is 0 Å². The maximum atomic E-state index is 5.97. The van der Waals surface area contributed by atoms with Crippen LogP contribution < -0.4 is 10.1 Å². The van der Waals surface area contributed by atoms with Gasteiger partial charge in [0.05, 0.1) is 6.10 Å². The molecule has 0 amide bonds. The van der Waals surface area contributed by atoms with E-state index in [0.717, 1.165) is 38.3 Å². The van der Waals surface area contributed by atoms with Crippen molar-refractivity contribution in [3.63, 3.8) is 0 Å². The van der Waals surface area contributed by atoms with Crippen molar-refractivity contribution < 1.29 is 9.47 Å². The Morgan fingerprint density at radius 2 is 1.91 bits per heavy atom. The molecule has 23 heavy (non-hydrogen) atoms. The Bertz CT molecular complexity index is 603. The first kappa shape index (κ1) is 16.0. The fourth-order valence-electron chi connectivity index (χ4n) is 2.80. The number of nitrogens with one attached hydrogen (secondary N) is 1. The van der Waals surface area contributed by atoms with Gasteiger partial charge in [-0.25, -0.2) is 0 Å². The molecule has 0 saturated carbocycles. The highest BCUT2D eigenvalue weighted by Gasteiger charge is 2.16. The predicted octanol–water partition coefficient (Wildman–Crippen LogP) is 3.84. The quantitative estimate of drug-likeness (QED) is 0.842. The Morgan fingerprint density at radius 3 is 2.70 bits per heavy atom. The molecule has 3 heteroatoms. The highest BCUT2D eigenvalue weighted by molar-refractivity contribution is 5.33. The number of rotatable bonds is 7. The van der Waals surface area contributed by atoms with E-state index in [0.29, 0.717) is 6.61 Å². The molecule has 3 nitrogen and oxygen atoms in total. The van der Waals surface area contributed by atoms with Crippen molar-refractivity contribution in [2.24, 2.45) is 0 Å². The SMILES string of the molecule is Cc1ccc(CNCc2ccccc2OCC2CCCO2)cc1. The molecular weight excluding hydrogens is 286 g/mol. The zero-order chi connectivity index (χ0) is 15.9. The van der Waals surface area contributed by atoms with Crippen LogP contribution in [0.1, 0.15) is 29.5 Å². The molecule has 122 valence electrons. The second kappa shape index (κ2) is 8.14. The first-order valence-electron chi connectivity index (χ1n) is 8.40. The summed E-state index contributed by atoms with van der Waals surface area (Å²) in [6.07, 6.45) is 2.50. The third-order valence-electron chi connectivity index (χ3n) is 4.19. The normalized spacial score (nSPS) is 17.3. The van der Waals surface area contributed by atoms with Crippen LogP contribution in [-0.4, -0.2) is 19.3 Å².